The van der Waals surface area contributed by atoms with E-state index in [0.717, 1.165) is 12.1 Å². The van der Waals surface area contributed by atoms with Gasteiger partial charge in [0, 0.05) is 12.2 Å². The minimum Gasteiger partial charge on any atom is -0.330 e. The molecule has 1 rings (SSSR count). The predicted molar refractivity (Wildman–Crippen MR) is 63.6 cm³/mol. The van der Waals surface area contributed by atoms with Crippen molar-refractivity contribution in [3.05, 3.63) is 18.2 Å². The summed E-state index contributed by atoms with van der Waals surface area (Å²) in [5.41, 5.74) is 6.90. The van der Waals surface area contributed by atoms with E-state index in [-0.39, 0.29) is 5.54 Å². The molecule has 0 bridgehead atoms. The van der Waals surface area contributed by atoms with E-state index in [9.17, 15) is 0 Å². The molecule has 15 heavy (non-hydrogen) atoms. The van der Waals surface area contributed by atoms with Gasteiger partial charge in [-0.3, -0.25) is 0 Å². The molecule has 0 aliphatic carbocycles. The average molecular weight is 209 g/mol. The van der Waals surface area contributed by atoms with Gasteiger partial charge in [-0.25, -0.2) is 4.98 Å². The Hall–Kier alpha value is -0.830. The number of nitrogens with zero attached hydrogens (tertiary/aromatic N) is 2. The van der Waals surface area contributed by atoms with Crippen LogP contribution in [0.15, 0.2) is 12.5 Å². The minimum absolute atomic E-state index is 0.318. The molecule has 2 N–H and O–H groups in total. The van der Waals surface area contributed by atoms with E-state index in [0.29, 0.717) is 12.0 Å². The van der Waals surface area contributed by atoms with Crippen molar-refractivity contribution in [2.24, 2.45) is 11.7 Å². The Balaban J connectivity index is 2.90. The highest BCUT2D eigenvalue weighted by atomic mass is 15.1. The van der Waals surface area contributed by atoms with Gasteiger partial charge in [0.25, 0.3) is 0 Å². The molecular formula is C12H23N3. The molecule has 0 amide bonds. The first kappa shape index (κ1) is 12.2. The molecule has 0 saturated carbocycles. The zero-order chi connectivity index (χ0) is 11.6. The lowest BCUT2D eigenvalue weighted by molar-refractivity contribution is 0.391. The van der Waals surface area contributed by atoms with Crippen molar-refractivity contribution in [2.75, 3.05) is 0 Å². The van der Waals surface area contributed by atoms with Gasteiger partial charge in [0.15, 0.2) is 0 Å². The molecule has 1 unspecified atom stereocenters. The standard InChI is InChI=1S/C12H23N3/c1-9(2)6-10(3)15-8-14-7-11(15)12(4,5)13/h7-10H,6,13H2,1-5H3. The van der Waals surface area contributed by atoms with Gasteiger partial charge in [0.2, 0.25) is 0 Å². The van der Waals surface area contributed by atoms with Crippen LogP contribution in [0.1, 0.15) is 52.8 Å². The van der Waals surface area contributed by atoms with E-state index in [2.05, 4.69) is 30.3 Å². The summed E-state index contributed by atoms with van der Waals surface area (Å²) in [6.45, 7) is 10.7. The molecule has 1 aromatic rings. The first-order valence-electron chi connectivity index (χ1n) is 5.63. The number of rotatable bonds is 4. The van der Waals surface area contributed by atoms with Crippen LogP contribution in [-0.2, 0) is 5.54 Å². The van der Waals surface area contributed by atoms with Gasteiger partial charge in [0.05, 0.1) is 17.6 Å². The third kappa shape index (κ3) is 3.06. The number of hydrogen-bond acceptors (Lipinski definition) is 2. The number of nitrogens with two attached hydrogens (primary N) is 1. The summed E-state index contributed by atoms with van der Waals surface area (Å²) in [6, 6.07) is 0.463. The van der Waals surface area contributed by atoms with E-state index >= 15 is 0 Å². The van der Waals surface area contributed by atoms with Crippen LogP contribution in [-0.4, -0.2) is 9.55 Å². The first-order valence-corrected chi connectivity index (χ1v) is 5.63. The van der Waals surface area contributed by atoms with Gasteiger partial charge in [-0.2, -0.15) is 0 Å². The van der Waals surface area contributed by atoms with E-state index in [1.54, 1.807) is 0 Å². The maximum atomic E-state index is 6.11. The average Bonchev–Trinajstić information content (AvgIpc) is 2.48. The minimum atomic E-state index is -0.318. The van der Waals surface area contributed by atoms with Crippen molar-refractivity contribution >= 4 is 0 Å². The lowest BCUT2D eigenvalue weighted by atomic mass is 10.0. The van der Waals surface area contributed by atoms with Gasteiger partial charge in [0.1, 0.15) is 0 Å². The lowest BCUT2D eigenvalue weighted by Crippen LogP contribution is -2.32. The maximum absolute atomic E-state index is 6.11. The van der Waals surface area contributed by atoms with E-state index in [4.69, 9.17) is 5.73 Å². The summed E-state index contributed by atoms with van der Waals surface area (Å²) in [5.74, 6) is 0.691. The molecule has 3 heteroatoms. The second kappa shape index (κ2) is 4.35. The molecule has 1 atom stereocenters. The van der Waals surface area contributed by atoms with Crippen molar-refractivity contribution in [1.29, 1.82) is 0 Å². The topological polar surface area (TPSA) is 43.8 Å². The maximum Gasteiger partial charge on any atom is 0.0951 e. The molecular weight excluding hydrogens is 186 g/mol. The van der Waals surface area contributed by atoms with Crippen LogP contribution in [0.5, 0.6) is 0 Å². The summed E-state index contributed by atoms with van der Waals surface area (Å²) >= 11 is 0. The summed E-state index contributed by atoms with van der Waals surface area (Å²) in [6.07, 6.45) is 4.91. The molecule has 0 fully saturated rings. The van der Waals surface area contributed by atoms with Crippen molar-refractivity contribution in [3.63, 3.8) is 0 Å². The van der Waals surface area contributed by atoms with Gasteiger partial charge in [-0.15, -0.1) is 0 Å². The Morgan fingerprint density at radius 1 is 1.40 bits per heavy atom. The van der Waals surface area contributed by atoms with Crippen molar-refractivity contribution in [1.82, 2.24) is 9.55 Å². The zero-order valence-corrected chi connectivity index (χ0v) is 10.5. The second-order valence-corrected chi connectivity index (χ2v) is 5.39. The Morgan fingerprint density at radius 2 is 2.00 bits per heavy atom. The van der Waals surface area contributed by atoms with E-state index < -0.39 is 0 Å². The van der Waals surface area contributed by atoms with E-state index in [1.165, 1.54) is 0 Å². The lowest BCUT2D eigenvalue weighted by Gasteiger charge is -2.25. The Bertz CT molecular complexity index is 307. The fraction of sp³-hybridized carbons (Fsp3) is 0.750. The smallest absolute Gasteiger partial charge is 0.0951 e. The molecule has 0 saturated heterocycles. The van der Waals surface area contributed by atoms with Crippen LogP contribution in [0.4, 0.5) is 0 Å². The van der Waals surface area contributed by atoms with Gasteiger partial charge in [-0.1, -0.05) is 13.8 Å². The number of aromatic nitrogens is 2. The molecule has 0 spiro atoms. The molecule has 86 valence electrons. The predicted octanol–water partition coefficient (Wildman–Crippen LogP) is 2.68. The molecule has 0 aliphatic heterocycles. The number of imidazole rings is 1. The van der Waals surface area contributed by atoms with Crippen LogP contribution >= 0.6 is 0 Å². The summed E-state index contributed by atoms with van der Waals surface area (Å²) < 4.78 is 2.19. The fourth-order valence-corrected chi connectivity index (χ4v) is 1.95. The normalized spacial score (nSPS) is 14.6. The molecule has 3 nitrogen and oxygen atoms in total. The van der Waals surface area contributed by atoms with Gasteiger partial charge >= 0.3 is 0 Å². The second-order valence-electron chi connectivity index (χ2n) is 5.39. The van der Waals surface area contributed by atoms with Crippen molar-refractivity contribution < 1.29 is 0 Å². The number of hydrogen-bond donors (Lipinski definition) is 1. The summed E-state index contributed by atoms with van der Waals surface area (Å²) in [5, 5.41) is 0. The molecule has 1 aromatic heterocycles. The zero-order valence-electron chi connectivity index (χ0n) is 10.5. The Kier molecular flexibility index (Phi) is 3.55. The first-order chi connectivity index (χ1) is 6.82. The Morgan fingerprint density at radius 3 is 2.47 bits per heavy atom. The van der Waals surface area contributed by atoms with Crippen LogP contribution in [0.2, 0.25) is 0 Å². The Labute approximate surface area is 92.7 Å². The third-order valence-electron chi connectivity index (χ3n) is 2.61. The molecule has 0 radical (unpaired) electrons. The third-order valence-corrected chi connectivity index (χ3v) is 2.61. The van der Waals surface area contributed by atoms with Gasteiger partial charge in [-0.05, 0) is 33.1 Å². The van der Waals surface area contributed by atoms with Crippen molar-refractivity contribution in [3.8, 4) is 0 Å². The summed E-state index contributed by atoms with van der Waals surface area (Å²) in [4.78, 5) is 4.20. The van der Waals surface area contributed by atoms with Gasteiger partial charge < -0.3 is 10.3 Å². The fourth-order valence-electron chi connectivity index (χ4n) is 1.95. The van der Waals surface area contributed by atoms with E-state index in [1.807, 2.05) is 26.4 Å². The molecule has 1 heterocycles. The highest BCUT2D eigenvalue weighted by molar-refractivity contribution is 5.10. The molecule has 0 aliphatic rings. The largest absolute Gasteiger partial charge is 0.330 e. The quantitative estimate of drug-likeness (QED) is 0.828. The van der Waals surface area contributed by atoms with Crippen molar-refractivity contribution in [2.45, 2.75) is 52.6 Å². The van der Waals surface area contributed by atoms with Crippen LogP contribution in [0, 0.1) is 5.92 Å². The monoisotopic (exact) mass is 209 g/mol. The highest BCUT2D eigenvalue weighted by Crippen LogP contribution is 2.23. The van der Waals surface area contributed by atoms with Crippen LogP contribution in [0.25, 0.3) is 0 Å². The molecule has 0 aromatic carbocycles. The summed E-state index contributed by atoms with van der Waals surface area (Å²) in [7, 11) is 0. The SMILES string of the molecule is CC(C)CC(C)n1cncc1C(C)(C)N. The van der Waals surface area contributed by atoms with Crippen LogP contribution in [0.3, 0.4) is 0 Å². The van der Waals surface area contributed by atoms with Crippen LogP contribution < -0.4 is 5.73 Å². The highest BCUT2D eigenvalue weighted by Gasteiger charge is 2.21.